The van der Waals surface area contributed by atoms with E-state index in [0.29, 0.717) is 16.8 Å². The molecule has 0 saturated carbocycles. The lowest BCUT2D eigenvalue weighted by molar-refractivity contribution is 0.0986. The highest BCUT2D eigenvalue weighted by Gasteiger charge is 2.25. The fraction of sp³-hybridized carbons (Fsp3) is 0.0222. The largest absolute Gasteiger partial charge is 0.311 e. The summed E-state index contributed by atoms with van der Waals surface area (Å²) in [7, 11) is 1.76. The predicted molar refractivity (Wildman–Crippen MR) is 202 cm³/mol. The first-order valence-electron chi connectivity index (χ1n) is 16.3. The first-order chi connectivity index (χ1) is 24.1. The maximum Gasteiger partial charge on any atom is 0.260 e. The quantitative estimate of drug-likeness (QED) is 0.164. The molecule has 8 aromatic rings. The molecule has 0 saturated heterocycles. The molecule has 1 heterocycles. The highest BCUT2D eigenvalue weighted by atomic mass is 16.2. The lowest BCUT2D eigenvalue weighted by atomic mass is 10.0. The summed E-state index contributed by atoms with van der Waals surface area (Å²) >= 11 is 0. The van der Waals surface area contributed by atoms with E-state index >= 15 is 0 Å². The van der Waals surface area contributed by atoms with E-state index in [9.17, 15) is 9.59 Å². The molecule has 8 rings (SSSR count). The van der Waals surface area contributed by atoms with Gasteiger partial charge >= 0.3 is 0 Å². The molecular formula is C45H32N2O2. The van der Waals surface area contributed by atoms with Crippen LogP contribution >= 0.6 is 0 Å². The van der Waals surface area contributed by atoms with Crippen LogP contribution in [-0.2, 0) is 0 Å². The molecule has 0 atom stereocenters. The number of hydrogen-bond acceptors (Lipinski definition) is 2. The van der Waals surface area contributed by atoms with Gasteiger partial charge in [-0.1, -0.05) is 140 Å². The van der Waals surface area contributed by atoms with Gasteiger partial charge in [-0.25, -0.2) is 0 Å². The minimum Gasteiger partial charge on any atom is -0.311 e. The zero-order chi connectivity index (χ0) is 33.3. The van der Waals surface area contributed by atoms with Crippen LogP contribution in [0.4, 0.5) is 5.69 Å². The topological polar surface area (TPSA) is 42.3 Å². The number of aldehydes is 1. The molecule has 1 aromatic heterocycles. The van der Waals surface area contributed by atoms with Gasteiger partial charge in [-0.15, -0.1) is 0 Å². The summed E-state index contributed by atoms with van der Waals surface area (Å²) in [6, 6.07) is 57.1. The Morgan fingerprint density at radius 1 is 0.510 bits per heavy atom. The Balaban J connectivity index is 1.33. The van der Waals surface area contributed by atoms with Crippen LogP contribution in [0, 0.1) is 0 Å². The Bertz CT molecular complexity index is 2370. The lowest BCUT2D eigenvalue weighted by Crippen LogP contribution is -2.28. The van der Waals surface area contributed by atoms with E-state index in [2.05, 4.69) is 77.4 Å². The second-order valence-corrected chi connectivity index (χ2v) is 12.2. The highest BCUT2D eigenvalue weighted by molar-refractivity contribution is 6.15. The molecule has 49 heavy (non-hydrogen) atoms. The van der Waals surface area contributed by atoms with Crippen LogP contribution in [0.25, 0.3) is 60.9 Å². The van der Waals surface area contributed by atoms with E-state index in [-0.39, 0.29) is 5.91 Å². The van der Waals surface area contributed by atoms with E-state index in [1.165, 1.54) is 0 Å². The zero-order valence-corrected chi connectivity index (χ0v) is 27.0. The number of nitrogens with zero attached hydrogens (tertiary/aromatic N) is 2. The number of carbonyl (C=O) groups is 2. The van der Waals surface area contributed by atoms with Crippen LogP contribution in [0.1, 0.15) is 20.7 Å². The minimum absolute atomic E-state index is 0.265. The van der Waals surface area contributed by atoms with Gasteiger partial charge in [-0.2, -0.15) is 0 Å². The number of aromatic nitrogens is 1. The van der Waals surface area contributed by atoms with Crippen molar-refractivity contribution in [1.29, 1.82) is 0 Å². The van der Waals surface area contributed by atoms with Gasteiger partial charge in [0.15, 0.2) is 6.29 Å². The van der Waals surface area contributed by atoms with Gasteiger partial charge in [-0.3, -0.25) is 9.59 Å². The van der Waals surface area contributed by atoms with Crippen molar-refractivity contribution in [2.45, 2.75) is 0 Å². The summed E-state index contributed by atoms with van der Waals surface area (Å²) < 4.78 is 2.15. The number of amides is 1. The van der Waals surface area contributed by atoms with Crippen LogP contribution in [0.5, 0.6) is 0 Å². The van der Waals surface area contributed by atoms with Crippen molar-refractivity contribution < 1.29 is 9.59 Å². The van der Waals surface area contributed by atoms with Gasteiger partial charge in [0, 0.05) is 29.1 Å². The normalized spacial score (nSPS) is 11.1. The van der Waals surface area contributed by atoms with Gasteiger partial charge in [0.1, 0.15) is 0 Å². The van der Waals surface area contributed by atoms with Gasteiger partial charge < -0.3 is 9.47 Å². The molecule has 0 N–H and O–H groups in total. The van der Waals surface area contributed by atoms with Gasteiger partial charge in [-0.05, 0) is 63.7 Å². The van der Waals surface area contributed by atoms with Crippen LogP contribution in [0.2, 0.25) is 0 Å². The second-order valence-electron chi connectivity index (χ2n) is 12.2. The van der Waals surface area contributed by atoms with Crippen LogP contribution in [0.15, 0.2) is 170 Å². The number of benzene rings is 7. The maximum atomic E-state index is 14.6. The Kier molecular flexibility index (Phi) is 7.67. The summed E-state index contributed by atoms with van der Waals surface area (Å²) in [6.07, 6.45) is 0.780. The molecule has 0 aliphatic rings. The van der Waals surface area contributed by atoms with Crippen molar-refractivity contribution in [2.75, 3.05) is 11.9 Å². The third-order valence-corrected chi connectivity index (χ3v) is 9.30. The smallest absolute Gasteiger partial charge is 0.260 e. The Hall–Kier alpha value is -6.52. The van der Waals surface area contributed by atoms with Gasteiger partial charge in [0.25, 0.3) is 5.91 Å². The minimum atomic E-state index is -0.265. The summed E-state index contributed by atoms with van der Waals surface area (Å²) in [5, 5.41) is 2.13. The molecule has 0 fully saturated rings. The molecular weight excluding hydrogens is 601 g/mol. The average Bonchev–Trinajstić information content (AvgIpc) is 3.51. The van der Waals surface area contributed by atoms with Crippen molar-refractivity contribution in [3.05, 3.63) is 181 Å². The zero-order valence-electron chi connectivity index (χ0n) is 27.0. The Morgan fingerprint density at radius 2 is 0.959 bits per heavy atom. The molecule has 4 heteroatoms. The maximum absolute atomic E-state index is 14.6. The average molecular weight is 633 g/mol. The van der Waals surface area contributed by atoms with E-state index in [1.54, 1.807) is 18.0 Å². The second kappa shape index (κ2) is 12.6. The monoisotopic (exact) mass is 632 g/mol. The summed E-state index contributed by atoms with van der Waals surface area (Å²) in [6.45, 7) is 0. The van der Waals surface area contributed by atoms with E-state index in [4.69, 9.17) is 0 Å². The lowest BCUT2D eigenvalue weighted by Gasteiger charge is -2.22. The molecule has 4 nitrogen and oxygen atoms in total. The van der Waals surface area contributed by atoms with Crippen molar-refractivity contribution in [1.82, 2.24) is 4.57 Å². The van der Waals surface area contributed by atoms with Gasteiger partial charge in [0.2, 0.25) is 0 Å². The number of fused-ring (bicyclic) bond motifs is 3. The number of carbonyl (C=O) groups excluding carboxylic acids is 2. The molecule has 0 aliphatic carbocycles. The third kappa shape index (κ3) is 5.39. The van der Waals surface area contributed by atoms with E-state index in [0.717, 1.165) is 67.2 Å². The first kappa shape index (κ1) is 29.9. The Labute approximate surface area is 285 Å². The van der Waals surface area contributed by atoms with Crippen LogP contribution in [-0.4, -0.2) is 23.8 Å². The molecule has 1 amide bonds. The molecule has 7 aromatic carbocycles. The standard InChI is InChI=1S/C45H32N2O2/c1-46(38-24-20-34(21-25-38)31-12-5-2-6-13-31)45(49)44-37(30-48)18-11-19-41(44)47-42-28-35(32-14-7-3-8-15-32)22-26-39(42)40-27-23-36(29-43(40)47)33-16-9-4-10-17-33/h2-30H,1H3. The summed E-state index contributed by atoms with van der Waals surface area (Å²) in [5.74, 6) is -0.265. The van der Waals surface area contributed by atoms with Crippen molar-refractivity contribution >= 4 is 39.7 Å². The van der Waals surface area contributed by atoms with E-state index < -0.39 is 0 Å². The fourth-order valence-electron chi connectivity index (χ4n) is 6.77. The molecule has 234 valence electrons. The Morgan fingerprint density at radius 3 is 1.45 bits per heavy atom. The van der Waals surface area contributed by atoms with Crippen LogP contribution < -0.4 is 4.90 Å². The fourth-order valence-corrected chi connectivity index (χ4v) is 6.77. The summed E-state index contributed by atoms with van der Waals surface area (Å²) in [5.41, 5.74) is 10.5. The molecule has 0 spiro atoms. The highest BCUT2D eigenvalue weighted by Crippen LogP contribution is 2.38. The summed E-state index contributed by atoms with van der Waals surface area (Å²) in [4.78, 5) is 28.9. The predicted octanol–water partition coefficient (Wildman–Crippen LogP) is 10.9. The van der Waals surface area contributed by atoms with Gasteiger partial charge in [0.05, 0.1) is 22.3 Å². The van der Waals surface area contributed by atoms with E-state index in [1.807, 2.05) is 91.0 Å². The van der Waals surface area contributed by atoms with Crippen LogP contribution in [0.3, 0.4) is 0 Å². The number of anilines is 1. The third-order valence-electron chi connectivity index (χ3n) is 9.30. The number of hydrogen-bond donors (Lipinski definition) is 0. The molecule has 0 aliphatic heterocycles. The van der Waals surface area contributed by atoms with Crippen molar-refractivity contribution in [2.24, 2.45) is 0 Å². The first-order valence-corrected chi connectivity index (χ1v) is 16.3. The van der Waals surface area contributed by atoms with Crippen molar-refractivity contribution in [3.63, 3.8) is 0 Å². The molecule has 0 radical (unpaired) electrons. The van der Waals surface area contributed by atoms with Crippen molar-refractivity contribution in [3.8, 4) is 39.1 Å². The molecule has 0 bridgehead atoms. The molecule has 0 unspecified atom stereocenters. The SMILES string of the molecule is CN(C(=O)c1c(C=O)cccc1-n1c2cc(-c3ccccc3)ccc2c2ccc(-c3ccccc3)cc21)c1ccc(-c2ccccc2)cc1. The number of rotatable bonds is 7.